The van der Waals surface area contributed by atoms with Crippen LogP contribution < -0.4 is 15.8 Å². The fourth-order valence-electron chi connectivity index (χ4n) is 1.83. The summed E-state index contributed by atoms with van der Waals surface area (Å²) in [5.74, 6) is 0.838. The average Bonchev–Trinajstić information content (AvgIpc) is 2.44. The van der Waals surface area contributed by atoms with Crippen molar-refractivity contribution in [2.75, 3.05) is 17.7 Å². The maximum Gasteiger partial charge on any atom is 0.256 e. The number of anilines is 2. The quantitative estimate of drug-likeness (QED) is 0.829. The van der Waals surface area contributed by atoms with Gasteiger partial charge in [0.25, 0.3) is 5.91 Å². The molecular weight excluding hydrogens is 334 g/mol. The Labute approximate surface area is 131 Å². The van der Waals surface area contributed by atoms with Crippen molar-refractivity contribution in [1.82, 2.24) is 4.98 Å². The second-order valence-electron chi connectivity index (χ2n) is 4.46. The molecule has 21 heavy (non-hydrogen) atoms. The van der Waals surface area contributed by atoms with Gasteiger partial charge < -0.3 is 15.8 Å². The van der Waals surface area contributed by atoms with Crippen LogP contribution in [0.5, 0.6) is 5.75 Å². The number of aryl methyl sites for hydroxylation is 1. The van der Waals surface area contributed by atoms with Gasteiger partial charge in [-0.2, -0.15) is 0 Å². The lowest BCUT2D eigenvalue weighted by molar-refractivity contribution is 0.102. The van der Waals surface area contributed by atoms with Crippen LogP contribution in [0.2, 0.25) is 0 Å². The largest absolute Gasteiger partial charge is 0.492 e. The third-order valence-electron chi connectivity index (χ3n) is 2.85. The number of benzene rings is 1. The first-order valence-electron chi connectivity index (χ1n) is 6.47. The van der Waals surface area contributed by atoms with Crippen LogP contribution in [0.4, 0.5) is 11.5 Å². The van der Waals surface area contributed by atoms with E-state index in [-0.39, 0.29) is 5.91 Å². The Bertz CT molecular complexity index is 674. The van der Waals surface area contributed by atoms with E-state index in [0.717, 1.165) is 10.0 Å². The molecule has 110 valence electrons. The molecule has 0 aliphatic carbocycles. The summed E-state index contributed by atoms with van der Waals surface area (Å²) in [5.41, 5.74) is 7.63. The number of ether oxygens (including phenoxy) is 1. The molecule has 3 N–H and O–H groups in total. The number of aromatic nitrogens is 1. The minimum absolute atomic E-state index is 0.261. The number of carbonyl (C=O) groups excluding carboxylic acids is 1. The van der Waals surface area contributed by atoms with Gasteiger partial charge in [0.15, 0.2) is 0 Å². The van der Waals surface area contributed by atoms with E-state index in [2.05, 4.69) is 26.2 Å². The topological polar surface area (TPSA) is 77.2 Å². The molecule has 1 aromatic carbocycles. The van der Waals surface area contributed by atoms with Crippen molar-refractivity contribution in [2.24, 2.45) is 0 Å². The predicted octanol–water partition coefficient (Wildman–Crippen LogP) is 3.39. The number of hydrogen-bond acceptors (Lipinski definition) is 4. The number of halogens is 1. The fourth-order valence-corrected chi connectivity index (χ4v) is 2.27. The van der Waals surface area contributed by atoms with Crippen molar-refractivity contribution in [2.45, 2.75) is 13.8 Å². The number of pyridine rings is 1. The van der Waals surface area contributed by atoms with E-state index in [4.69, 9.17) is 10.5 Å². The zero-order chi connectivity index (χ0) is 15.4. The van der Waals surface area contributed by atoms with Crippen LogP contribution in [0.25, 0.3) is 0 Å². The summed E-state index contributed by atoms with van der Waals surface area (Å²) in [5, 5.41) is 2.77. The van der Waals surface area contributed by atoms with E-state index in [1.54, 1.807) is 24.4 Å². The van der Waals surface area contributed by atoms with Gasteiger partial charge >= 0.3 is 0 Å². The van der Waals surface area contributed by atoms with Gasteiger partial charge in [-0.05, 0) is 59.6 Å². The molecule has 0 radical (unpaired) electrons. The number of hydrogen-bond donors (Lipinski definition) is 2. The molecule has 2 rings (SSSR count). The molecule has 1 heterocycles. The van der Waals surface area contributed by atoms with Crippen molar-refractivity contribution in [1.29, 1.82) is 0 Å². The molecule has 0 saturated heterocycles. The number of amides is 1. The Morgan fingerprint density at radius 2 is 2.19 bits per heavy atom. The van der Waals surface area contributed by atoms with Gasteiger partial charge in [0.1, 0.15) is 11.6 Å². The van der Waals surface area contributed by atoms with Crippen LogP contribution in [-0.2, 0) is 0 Å². The predicted molar refractivity (Wildman–Crippen MR) is 86.7 cm³/mol. The molecule has 5 nitrogen and oxygen atoms in total. The van der Waals surface area contributed by atoms with Crippen molar-refractivity contribution in [3.8, 4) is 5.75 Å². The molecule has 2 aromatic rings. The normalized spacial score (nSPS) is 10.2. The van der Waals surface area contributed by atoms with Crippen molar-refractivity contribution < 1.29 is 9.53 Å². The van der Waals surface area contributed by atoms with E-state index in [1.807, 2.05) is 19.9 Å². The third kappa shape index (κ3) is 3.72. The highest BCUT2D eigenvalue weighted by atomic mass is 79.9. The van der Waals surface area contributed by atoms with E-state index in [0.29, 0.717) is 29.4 Å². The second kappa shape index (κ2) is 6.58. The lowest BCUT2D eigenvalue weighted by Crippen LogP contribution is -2.14. The molecule has 0 aliphatic rings. The highest BCUT2D eigenvalue weighted by Crippen LogP contribution is 2.23. The Hall–Kier alpha value is -2.08. The second-order valence-corrected chi connectivity index (χ2v) is 5.37. The number of nitrogens with one attached hydrogen (secondary N) is 1. The minimum Gasteiger partial charge on any atom is -0.492 e. The lowest BCUT2D eigenvalue weighted by Gasteiger charge is -2.10. The van der Waals surface area contributed by atoms with Crippen LogP contribution in [0.15, 0.2) is 34.9 Å². The molecule has 6 heteroatoms. The molecular formula is C15H16BrN3O2. The average molecular weight is 350 g/mol. The number of carbonyl (C=O) groups is 1. The van der Waals surface area contributed by atoms with Crippen molar-refractivity contribution in [3.63, 3.8) is 0 Å². The molecule has 1 amide bonds. The molecule has 0 saturated carbocycles. The summed E-state index contributed by atoms with van der Waals surface area (Å²) >= 11 is 3.33. The van der Waals surface area contributed by atoms with Crippen LogP contribution in [0, 0.1) is 6.92 Å². The molecule has 0 spiro atoms. The van der Waals surface area contributed by atoms with Crippen LogP contribution in [-0.4, -0.2) is 17.5 Å². The first-order chi connectivity index (χ1) is 10.0. The Morgan fingerprint density at radius 3 is 2.81 bits per heavy atom. The summed E-state index contributed by atoms with van der Waals surface area (Å²) in [6.45, 7) is 4.28. The number of nitrogen functional groups attached to an aromatic ring is 1. The van der Waals surface area contributed by atoms with E-state index in [9.17, 15) is 4.79 Å². The van der Waals surface area contributed by atoms with Crippen molar-refractivity contribution >= 4 is 33.3 Å². The number of nitrogens with two attached hydrogens (primary N) is 1. The van der Waals surface area contributed by atoms with Gasteiger partial charge in [-0.3, -0.25) is 4.79 Å². The lowest BCUT2D eigenvalue weighted by atomic mass is 10.1. The van der Waals surface area contributed by atoms with Crippen LogP contribution in [0.1, 0.15) is 22.8 Å². The van der Waals surface area contributed by atoms with E-state index >= 15 is 0 Å². The Kier molecular flexibility index (Phi) is 4.80. The maximum atomic E-state index is 12.2. The van der Waals surface area contributed by atoms with Gasteiger partial charge in [0.05, 0.1) is 12.3 Å². The zero-order valence-electron chi connectivity index (χ0n) is 11.8. The smallest absolute Gasteiger partial charge is 0.256 e. The molecule has 0 bridgehead atoms. The Balaban J connectivity index is 2.18. The summed E-state index contributed by atoms with van der Waals surface area (Å²) < 4.78 is 6.21. The van der Waals surface area contributed by atoms with E-state index in [1.165, 1.54) is 0 Å². The SMILES string of the molecule is CCOc1ccc(C(=O)Nc2ncc(Br)cc2C)cc1N. The van der Waals surface area contributed by atoms with Crippen molar-refractivity contribution in [3.05, 3.63) is 46.1 Å². The summed E-state index contributed by atoms with van der Waals surface area (Å²) in [4.78, 5) is 16.4. The van der Waals surface area contributed by atoms with E-state index < -0.39 is 0 Å². The van der Waals surface area contributed by atoms with Gasteiger partial charge in [-0.25, -0.2) is 4.98 Å². The number of rotatable bonds is 4. The standard InChI is InChI=1S/C15H16BrN3O2/c1-3-21-13-5-4-10(7-12(13)17)15(20)19-14-9(2)6-11(16)8-18-14/h4-8H,3,17H2,1-2H3,(H,18,19,20). The first kappa shape index (κ1) is 15.3. The summed E-state index contributed by atoms with van der Waals surface area (Å²) in [6.07, 6.45) is 1.63. The number of nitrogens with zero attached hydrogens (tertiary/aromatic N) is 1. The maximum absolute atomic E-state index is 12.2. The van der Waals surface area contributed by atoms with Gasteiger partial charge in [0, 0.05) is 16.2 Å². The Morgan fingerprint density at radius 1 is 1.43 bits per heavy atom. The highest BCUT2D eigenvalue weighted by Gasteiger charge is 2.11. The van der Waals surface area contributed by atoms with Gasteiger partial charge in [-0.15, -0.1) is 0 Å². The van der Waals surface area contributed by atoms with Crippen LogP contribution in [0.3, 0.4) is 0 Å². The van der Waals surface area contributed by atoms with Gasteiger partial charge in [-0.1, -0.05) is 0 Å². The minimum atomic E-state index is -0.261. The summed E-state index contributed by atoms with van der Waals surface area (Å²) in [6, 6.07) is 6.84. The van der Waals surface area contributed by atoms with Gasteiger partial charge in [0.2, 0.25) is 0 Å². The highest BCUT2D eigenvalue weighted by molar-refractivity contribution is 9.10. The monoisotopic (exact) mass is 349 g/mol. The molecule has 1 aromatic heterocycles. The first-order valence-corrected chi connectivity index (χ1v) is 7.26. The molecule has 0 fully saturated rings. The fraction of sp³-hybridized carbons (Fsp3) is 0.200. The molecule has 0 atom stereocenters. The molecule has 0 aliphatic heterocycles. The summed E-state index contributed by atoms with van der Waals surface area (Å²) in [7, 11) is 0. The zero-order valence-corrected chi connectivity index (χ0v) is 13.4. The third-order valence-corrected chi connectivity index (χ3v) is 3.28. The molecule has 0 unspecified atom stereocenters. The van der Waals surface area contributed by atoms with Crippen LogP contribution >= 0.6 is 15.9 Å².